The Hall–Kier alpha value is -2.74. The largest absolute Gasteiger partial charge is 0.330 e. The van der Waals surface area contributed by atoms with Crippen molar-refractivity contribution in [3.05, 3.63) is 52.9 Å². The van der Waals surface area contributed by atoms with Gasteiger partial charge in [0.25, 0.3) is 0 Å². The summed E-state index contributed by atoms with van der Waals surface area (Å²) in [6.45, 7) is 5.73. The standard InChI is InChI=1S/C18H20N6OS/c1-12-5-3-7-19-16(12)13(2)20-18(25)23-8-9-24-15(11-23)21-22-17(24)14-6-4-10-26-14/h3-7,10,13H,8-9,11H2,1-2H3,(H,20,25). The van der Waals surface area contributed by atoms with Gasteiger partial charge in [-0.15, -0.1) is 21.5 Å². The first-order valence-corrected chi connectivity index (χ1v) is 9.44. The normalized spacial score (nSPS) is 14.8. The van der Waals surface area contributed by atoms with Gasteiger partial charge in [0.2, 0.25) is 0 Å². The summed E-state index contributed by atoms with van der Waals surface area (Å²) in [5.74, 6) is 1.70. The van der Waals surface area contributed by atoms with E-state index in [1.807, 2.05) is 43.5 Å². The molecule has 2 amide bonds. The molecular formula is C18H20N6OS. The fourth-order valence-electron chi connectivity index (χ4n) is 3.22. The number of urea groups is 1. The predicted molar refractivity (Wildman–Crippen MR) is 99.7 cm³/mol. The topological polar surface area (TPSA) is 75.9 Å². The number of nitrogens with zero attached hydrogens (tertiary/aromatic N) is 5. The first-order valence-electron chi connectivity index (χ1n) is 8.56. The van der Waals surface area contributed by atoms with Crippen LogP contribution >= 0.6 is 11.3 Å². The van der Waals surface area contributed by atoms with Crippen molar-refractivity contribution in [2.45, 2.75) is 33.0 Å². The number of amides is 2. The molecule has 1 atom stereocenters. The van der Waals surface area contributed by atoms with Crippen molar-refractivity contribution in [1.82, 2.24) is 30.0 Å². The van der Waals surface area contributed by atoms with Gasteiger partial charge in [0.15, 0.2) is 11.6 Å². The number of thiophene rings is 1. The molecule has 0 saturated carbocycles. The lowest BCUT2D eigenvalue weighted by atomic mass is 10.1. The molecule has 0 aromatic carbocycles. The first kappa shape index (κ1) is 16.7. The Morgan fingerprint density at radius 2 is 2.15 bits per heavy atom. The Labute approximate surface area is 155 Å². The lowest BCUT2D eigenvalue weighted by molar-refractivity contribution is 0.179. The molecule has 4 heterocycles. The number of hydrogen-bond donors (Lipinski definition) is 1. The third kappa shape index (κ3) is 3.08. The molecule has 1 N–H and O–H groups in total. The average Bonchev–Trinajstić information content (AvgIpc) is 3.30. The van der Waals surface area contributed by atoms with Gasteiger partial charge in [0, 0.05) is 19.3 Å². The second-order valence-electron chi connectivity index (χ2n) is 6.37. The van der Waals surface area contributed by atoms with Crippen molar-refractivity contribution in [3.63, 3.8) is 0 Å². The molecule has 1 aliphatic heterocycles. The maximum Gasteiger partial charge on any atom is 0.318 e. The summed E-state index contributed by atoms with van der Waals surface area (Å²) in [5, 5.41) is 13.7. The van der Waals surface area contributed by atoms with Gasteiger partial charge in [0.1, 0.15) is 0 Å². The van der Waals surface area contributed by atoms with E-state index in [4.69, 9.17) is 0 Å². The van der Waals surface area contributed by atoms with Crippen LogP contribution in [-0.2, 0) is 13.1 Å². The highest BCUT2D eigenvalue weighted by atomic mass is 32.1. The van der Waals surface area contributed by atoms with E-state index in [0.29, 0.717) is 19.6 Å². The maximum atomic E-state index is 12.7. The quantitative estimate of drug-likeness (QED) is 0.771. The summed E-state index contributed by atoms with van der Waals surface area (Å²) < 4.78 is 2.10. The molecule has 26 heavy (non-hydrogen) atoms. The highest BCUT2D eigenvalue weighted by Crippen LogP contribution is 2.25. The summed E-state index contributed by atoms with van der Waals surface area (Å²) in [6.07, 6.45) is 1.75. The number of nitrogens with one attached hydrogen (secondary N) is 1. The Morgan fingerprint density at radius 3 is 2.92 bits per heavy atom. The van der Waals surface area contributed by atoms with E-state index < -0.39 is 0 Å². The molecule has 0 radical (unpaired) electrons. The zero-order chi connectivity index (χ0) is 18.1. The van der Waals surface area contributed by atoms with E-state index in [0.717, 1.165) is 27.8 Å². The average molecular weight is 368 g/mol. The van der Waals surface area contributed by atoms with Crippen molar-refractivity contribution in [2.75, 3.05) is 6.54 Å². The van der Waals surface area contributed by atoms with Crippen LogP contribution in [0.25, 0.3) is 10.7 Å². The second-order valence-corrected chi connectivity index (χ2v) is 7.31. The zero-order valence-electron chi connectivity index (χ0n) is 14.7. The fourth-order valence-corrected chi connectivity index (χ4v) is 3.93. The molecule has 7 nitrogen and oxygen atoms in total. The van der Waals surface area contributed by atoms with Gasteiger partial charge >= 0.3 is 6.03 Å². The van der Waals surface area contributed by atoms with E-state index in [-0.39, 0.29) is 12.1 Å². The molecule has 0 fully saturated rings. The zero-order valence-corrected chi connectivity index (χ0v) is 15.5. The van der Waals surface area contributed by atoms with Gasteiger partial charge in [-0.2, -0.15) is 0 Å². The van der Waals surface area contributed by atoms with Crippen LogP contribution in [-0.4, -0.2) is 37.2 Å². The molecule has 3 aromatic rings. The van der Waals surface area contributed by atoms with E-state index >= 15 is 0 Å². The van der Waals surface area contributed by atoms with Crippen molar-refractivity contribution in [2.24, 2.45) is 0 Å². The Balaban J connectivity index is 1.46. The highest BCUT2D eigenvalue weighted by molar-refractivity contribution is 7.13. The van der Waals surface area contributed by atoms with Crippen molar-refractivity contribution >= 4 is 17.4 Å². The van der Waals surface area contributed by atoms with Crippen LogP contribution in [0.5, 0.6) is 0 Å². The highest BCUT2D eigenvalue weighted by Gasteiger charge is 2.26. The van der Waals surface area contributed by atoms with E-state index in [1.54, 1.807) is 22.4 Å². The monoisotopic (exact) mass is 368 g/mol. The van der Waals surface area contributed by atoms with Crippen molar-refractivity contribution in [3.8, 4) is 10.7 Å². The smallest absolute Gasteiger partial charge is 0.318 e. The van der Waals surface area contributed by atoms with Gasteiger partial charge in [-0.25, -0.2) is 4.79 Å². The Morgan fingerprint density at radius 1 is 1.27 bits per heavy atom. The SMILES string of the molecule is Cc1cccnc1C(C)NC(=O)N1CCn2c(nnc2-c2cccs2)C1. The van der Waals surface area contributed by atoms with E-state index in [1.165, 1.54) is 0 Å². The van der Waals surface area contributed by atoms with Gasteiger partial charge in [-0.1, -0.05) is 12.1 Å². The number of aromatic nitrogens is 4. The lowest BCUT2D eigenvalue weighted by Gasteiger charge is -2.29. The van der Waals surface area contributed by atoms with Crippen LogP contribution in [0.2, 0.25) is 0 Å². The summed E-state index contributed by atoms with van der Waals surface area (Å²) in [5.41, 5.74) is 1.96. The maximum absolute atomic E-state index is 12.7. The lowest BCUT2D eigenvalue weighted by Crippen LogP contribution is -2.45. The molecule has 8 heteroatoms. The number of rotatable bonds is 3. The fraction of sp³-hybridized carbons (Fsp3) is 0.333. The third-order valence-electron chi connectivity index (χ3n) is 4.58. The molecule has 1 aliphatic rings. The van der Waals surface area contributed by atoms with Gasteiger partial charge in [0.05, 0.1) is 23.2 Å². The second kappa shape index (κ2) is 6.87. The molecule has 4 rings (SSSR count). The van der Waals surface area contributed by atoms with E-state index in [9.17, 15) is 4.79 Å². The minimum absolute atomic E-state index is 0.102. The number of pyridine rings is 1. The summed E-state index contributed by atoms with van der Waals surface area (Å²) in [7, 11) is 0. The molecule has 0 aliphatic carbocycles. The molecule has 0 saturated heterocycles. The summed E-state index contributed by atoms with van der Waals surface area (Å²) in [6, 6.07) is 7.69. The van der Waals surface area contributed by atoms with Crippen LogP contribution in [0.3, 0.4) is 0 Å². The first-order chi connectivity index (χ1) is 12.6. The predicted octanol–water partition coefficient (Wildman–Crippen LogP) is 3.00. The number of fused-ring (bicyclic) bond motifs is 1. The van der Waals surface area contributed by atoms with Gasteiger partial charge in [-0.05, 0) is 36.9 Å². The third-order valence-corrected chi connectivity index (χ3v) is 5.45. The van der Waals surface area contributed by atoms with E-state index in [2.05, 4.69) is 25.1 Å². The minimum atomic E-state index is -0.148. The molecule has 134 valence electrons. The van der Waals surface area contributed by atoms with Crippen LogP contribution in [0.4, 0.5) is 4.79 Å². The van der Waals surface area contributed by atoms with Crippen LogP contribution < -0.4 is 5.32 Å². The van der Waals surface area contributed by atoms with Gasteiger partial charge in [-0.3, -0.25) is 4.98 Å². The van der Waals surface area contributed by atoms with Gasteiger partial charge < -0.3 is 14.8 Å². The number of carbonyl (C=O) groups excluding carboxylic acids is 1. The molecular weight excluding hydrogens is 348 g/mol. The number of aryl methyl sites for hydroxylation is 1. The minimum Gasteiger partial charge on any atom is -0.330 e. The van der Waals surface area contributed by atoms with Crippen molar-refractivity contribution in [1.29, 1.82) is 0 Å². The number of hydrogen-bond acceptors (Lipinski definition) is 5. The summed E-state index contributed by atoms with van der Waals surface area (Å²) in [4.78, 5) is 19.9. The molecule has 0 bridgehead atoms. The molecule has 0 spiro atoms. The molecule has 3 aromatic heterocycles. The van der Waals surface area contributed by atoms with Crippen LogP contribution in [0, 0.1) is 6.92 Å². The molecule has 1 unspecified atom stereocenters. The summed E-state index contributed by atoms with van der Waals surface area (Å²) >= 11 is 1.64. The van der Waals surface area contributed by atoms with Crippen molar-refractivity contribution < 1.29 is 4.79 Å². The van der Waals surface area contributed by atoms with Crippen LogP contribution in [0.15, 0.2) is 35.8 Å². The Bertz CT molecular complexity index is 920. The number of carbonyl (C=O) groups is 1. The van der Waals surface area contributed by atoms with Crippen LogP contribution in [0.1, 0.15) is 30.0 Å². The Kier molecular flexibility index (Phi) is 4.42.